The molecule has 1 unspecified atom stereocenters. The van der Waals surface area contributed by atoms with E-state index in [4.69, 9.17) is 4.98 Å². The smallest absolute Gasteiger partial charge is 0.102 e. The van der Waals surface area contributed by atoms with E-state index in [0.29, 0.717) is 12.0 Å². The first-order valence-corrected chi connectivity index (χ1v) is 19.9. The number of hydrogen-bond acceptors (Lipinski definition) is 5. The van der Waals surface area contributed by atoms with Gasteiger partial charge < -0.3 is 14.2 Å². The third-order valence-corrected chi connectivity index (χ3v) is 13.3. The van der Waals surface area contributed by atoms with Crippen LogP contribution in [0.3, 0.4) is 0 Å². The largest absolute Gasteiger partial charge is 0.384 e. The molecule has 0 saturated carbocycles. The second-order valence-corrected chi connectivity index (χ2v) is 16.7. The van der Waals surface area contributed by atoms with Crippen LogP contribution in [0.5, 0.6) is 0 Å². The van der Waals surface area contributed by atoms with E-state index in [9.17, 15) is 15.6 Å². The average Bonchev–Trinajstić information content (AvgIpc) is 3.92. The van der Waals surface area contributed by atoms with Crippen molar-refractivity contribution in [2.75, 3.05) is 0 Å². The van der Waals surface area contributed by atoms with Gasteiger partial charge in [0.15, 0.2) is 0 Å². The maximum absolute atomic E-state index is 11.5. The fourth-order valence-corrected chi connectivity index (χ4v) is 9.94. The highest BCUT2D eigenvalue weighted by Crippen LogP contribution is 2.42. The van der Waals surface area contributed by atoms with Crippen molar-refractivity contribution >= 4 is 34.0 Å². The van der Waals surface area contributed by atoms with Gasteiger partial charge in [-0.15, -0.1) is 0 Å². The molecule has 2 aliphatic rings. The number of aromatic nitrogens is 4. The second kappa shape index (κ2) is 23.6. The first-order chi connectivity index (χ1) is 26.9. The molecule has 0 radical (unpaired) electrons. The van der Waals surface area contributed by atoms with Gasteiger partial charge in [-0.05, 0) is 162 Å². The number of aryl methyl sites for hydroxylation is 8. The van der Waals surface area contributed by atoms with Crippen molar-refractivity contribution in [1.82, 2.24) is 19.1 Å². The van der Waals surface area contributed by atoms with E-state index in [-0.39, 0.29) is 69.7 Å². The molecule has 6 aromatic rings. The SMILES string of the molecule is C.C.C.C.C.C.C.C.C.Cc1nc2c(c(C)c1C#N)C=C(C(O)c1c(C)c(C)c(C)c3c1c(C)cn3C)C2.Cc1nc2c(c(C)c1C#N)C=C(Cc1c(C)c(C)c(C)c3c1c(C)cn3C)C2.[HH].[HH]. The van der Waals surface area contributed by atoms with Crippen LogP contribution in [0.15, 0.2) is 23.5 Å². The molecule has 7 heteroatoms. The fourth-order valence-electron chi connectivity index (χ4n) is 9.94. The summed E-state index contributed by atoms with van der Waals surface area (Å²) in [6, 6.07) is 4.59. The van der Waals surface area contributed by atoms with Gasteiger partial charge in [0.1, 0.15) is 18.2 Å². The quantitative estimate of drug-likeness (QED) is 0.190. The van der Waals surface area contributed by atoms with Gasteiger partial charge in [-0.25, -0.2) is 0 Å². The Morgan fingerprint density at radius 1 is 0.561 bits per heavy atom. The first kappa shape index (κ1) is 64.5. The molecule has 2 aliphatic carbocycles. The van der Waals surface area contributed by atoms with Crippen LogP contribution in [0, 0.1) is 106 Å². The normalized spacial score (nSPS) is 11.7. The lowest BCUT2D eigenvalue weighted by Gasteiger charge is -2.21. The molecule has 66 heavy (non-hydrogen) atoms. The van der Waals surface area contributed by atoms with Crippen molar-refractivity contribution in [3.63, 3.8) is 0 Å². The average molecular weight is 903 g/mol. The summed E-state index contributed by atoms with van der Waals surface area (Å²) in [5.74, 6) is 0. The number of aliphatic hydroxyl groups is 1. The van der Waals surface area contributed by atoms with Gasteiger partial charge in [-0.1, -0.05) is 84.6 Å². The summed E-state index contributed by atoms with van der Waals surface area (Å²) in [4.78, 5) is 9.40. The lowest BCUT2D eigenvalue weighted by Crippen LogP contribution is -2.08. The standard InChI is InChI=1S/C25H27N3O.C25H27N3.9CH4.2H2/c1-12-11-28(7)24-15(4)13(2)14(3)23(22(12)24)25(29)18-8-19-16(5)20(10-26)17(6)27-21(19)9-18;1-13-12-28(7)25-16(4)14(2)15(3)21(24(13)25)9-19-8-20-17(5)22(11-26)18(6)27-23(20)10-19;;;;;;;;;;;/h8,11,25,29H,9H2,1-7H3;8,12H,9-10H2,1-7H3;9*1H4;2*1H. The topological polar surface area (TPSA) is 103 Å². The van der Waals surface area contributed by atoms with Crippen LogP contribution in [0.2, 0.25) is 0 Å². The Balaban J connectivity index is -0.000000335. The third kappa shape index (κ3) is 9.99. The maximum Gasteiger partial charge on any atom is 0.102 e. The van der Waals surface area contributed by atoms with E-state index in [1.165, 1.54) is 66.5 Å². The summed E-state index contributed by atoms with van der Waals surface area (Å²) in [6.45, 7) is 25.3. The number of allylic oxidation sites excluding steroid dienone is 1. The van der Waals surface area contributed by atoms with Gasteiger partial charge >= 0.3 is 0 Å². The predicted octanol–water partition coefficient (Wildman–Crippen LogP) is 16.7. The molecule has 7 nitrogen and oxygen atoms in total. The number of nitrogens with zero attached hydrogens (tertiary/aromatic N) is 6. The van der Waals surface area contributed by atoms with Gasteiger partial charge in [0, 0.05) is 64.1 Å². The highest BCUT2D eigenvalue weighted by Gasteiger charge is 2.29. The lowest BCUT2D eigenvalue weighted by atomic mass is 9.87. The van der Waals surface area contributed by atoms with Crippen LogP contribution in [0.25, 0.3) is 34.0 Å². The summed E-state index contributed by atoms with van der Waals surface area (Å²) in [6.07, 6.45) is 10.4. The zero-order chi connectivity index (χ0) is 41.5. The molecule has 1 atom stereocenters. The number of pyridine rings is 2. The van der Waals surface area contributed by atoms with Crippen molar-refractivity contribution in [2.45, 2.75) is 175 Å². The monoisotopic (exact) mass is 903 g/mol. The minimum atomic E-state index is -0.697. The van der Waals surface area contributed by atoms with Crippen LogP contribution >= 0.6 is 0 Å². The first-order valence-electron chi connectivity index (χ1n) is 19.9. The summed E-state index contributed by atoms with van der Waals surface area (Å²) in [5.41, 5.74) is 26.8. The number of rotatable bonds is 4. The summed E-state index contributed by atoms with van der Waals surface area (Å²) < 4.78 is 4.43. The Kier molecular flexibility index (Phi) is 23.1. The number of aliphatic hydroxyl groups excluding tert-OH is 1. The zero-order valence-electron chi connectivity index (χ0n) is 36.1. The molecule has 0 aliphatic heterocycles. The van der Waals surface area contributed by atoms with Gasteiger partial charge in [0.2, 0.25) is 0 Å². The van der Waals surface area contributed by atoms with Crippen LogP contribution in [-0.2, 0) is 33.4 Å². The molecule has 0 saturated heterocycles. The zero-order valence-corrected chi connectivity index (χ0v) is 36.1. The summed E-state index contributed by atoms with van der Waals surface area (Å²) >= 11 is 0. The molecule has 1 N–H and O–H groups in total. The van der Waals surface area contributed by atoms with Crippen LogP contribution in [-0.4, -0.2) is 24.2 Å². The molecular weight excluding hydrogens is 809 g/mol. The summed E-state index contributed by atoms with van der Waals surface area (Å²) in [7, 11) is 4.21. The Bertz CT molecular complexity index is 2910. The Morgan fingerprint density at radius 2 is 0.970 bits per heavy atom. The van der Waals surface area contributed by atoms with Crippen LogP contribution < -0.4 is 0 Å². The van der Waals surface area contributed by atoms with E-state index in [1.807, 2.05) is 33.8 Å². The number of fused-ring (bicyclic) bond motifs is 4. The van der Waals surface area contributed by atoms with E-state index in [1.54, 1.807) is 0 Å². The van der Waals surface area contributed by atoms with Crippen LogP contribution in [0.4, 0.5) is 0 Å². The number of hydrogen-bond donors (Lipinski definition) is 1. The maximum atomic E-state index is 11.5. The van der Waals surface area contributed by atoms with Crippen molar-refractivity contribution in [3.8, 4) is 12.1 Å². The number of nitriles is 2. The predicted molar refractivity (Wildman–Crippen MR) is 297 cm³/mol. The molecule has 0 amide bonds. The molecule has 366 valence electrons. The molecule has 0 bridgehead atoms. The molecule has 2 aromatic carbocycles. The molecule has 4 heterocycles. The minimum Gasteiger partial charge on any atom is -0.384 e. The third-order valence-electron chi connectivity index (χ3n) is 13.3. The summed E-state index contributed by atoms with van der Waals surface area (Å²) in [5, 5.41) is 33.0. The molecular formula is C59H94N6O. The Labute approximate surface area is 407 Å². The van der Waals surface area contributed by atoms with E-state index in [0.717, 1.165) is 85.5 Å². The fraction of sp³-hybridized carbons (Fsp3) is 0.458. The molecule has 0 spiro atoms. The Morgan fingerprint density at radius 3 is 1.44 bits per heavy atom. The van der Waals surface area contributed by atoms with Gasteiger partial charge in [-0.2, -0.15) is 10.5 Å². The van der Waals surface area contributed by atoms with Crippen molar-refractivity contribution in [3.05, 3.63) is 135 Å². The van der Waals surface area contributed by atoms with Crippen molar-refractivity contribution in [1.29, 1.82) is 10.5 Å². The van der Waals surface area contributed by atoms with Gasteiger partial charge in [0.25, 0.3) is 0 Å². The van der Waals surface area contributed by atoms with E-state index < -0.39 is 6.10 Å². The van der Waals surface area contributed by atoms with Gasteiger partial charge in [-0.3, -0.25) is 9.97 Å². The molecule has 4 aromatic heterocycles. The molecule has 0 fully saturated rings. The van der Waals surface area contributed by atoms with Crippen molar-refractivity contribution < 1.29 is 7.96 Å². The van der Waals surface area contributed by atoms with E-state index >= 15 is 0 Å². The minimum absolute atomic E-state index is 0. The highest BCUT2D eigenvalue weighted by atomic mass is 16.3. The van der Waals surface area contributed by atoms with E-state index in [2.05, 4.69) is 114 Å². The molecule has 8 rings (SSSR count). The second-order valence-electron chi connectivity index (χ2n) is 16.7. The lowest BCUT2D eigenvalue weighted by molar-refractivity contribution is 0.215. The van der Waals surface area contributed by atoms with Crippen molar-refractivity contribution in [2.24, 2.45) is 14.1 Å². The Hall–Kier alpha value is -5.76. The highest BCUT2D eigenvalue weighted by molar-refractivity contribution is 5.94. The van der Waals surface area contributed by atoms with Gasteiger partial charge in [0.05, 0.1) is 44.9 Å². The van der Waals surface area contributed by atoms with Crippen LogP contribution in [0.1, 0.15) is 188 Å². The number of benzene rings is 2.